The second-order valence-corrected chi connectivity index (χ2v) is 3.08. The molecule has 0 rings (SSSR count). The van der Waals surface area contributed by atoms with Crippen molar-refractivity contribution in [3.05, 3.63) is 0 Å². The zero-order valence-corrected chi connectivity index (χ0v) is 8.60. The fraction of sp³-hybridized carbons (Fsp3) is 0. The molecule has 0 saturated carbocycles. The van der Waals surface area contributed by atoms with E-state index in [1.807, 2.05) is 0 Å². The predicted octanol–water partition coefficient (Wildman–Crippen LogP) is -1.86. The average molecular weight is 292 g/mol. The van der Waals surface area contributed by atoms with Crippen LogP contribution in [0, 0.1) is 0 Å². The van der Waals surface area contributed by atoms with Crippen LogP contribution >= 0.6 is 15.6 Å². The Hall–Kier alpha value is 0.908. The molecular weight excluding hydrogens is 286 g/mol. The quantitative estimate of drug-likeness (QED) is 0.224. The van der Waals surface area contributed by atoms with Crippen LogP contribution in [0.1, 0.15) is 0 Å². The summed E-state index contributed by atoms with van der Waals surface area (Å²) >= 11 is 0. The second-order valence-electron chi connectivity index (χ2n) is 1.03. The predicted molar refractivity (Wildman–Crippen MR) is 28.5 cm³/mol. The third-order valence-electron chi connectivity index (χ3n) is 0. The van der Waals surface area contributed by atoms with Gasteiger partial charge < -0.3 is 29.4 Å². The summed E-state index contributed by atoms with van der Waals surface area (Å²) in [6, 6.07) is 0. The average Bonchev–Trinajstić information content (AvgIpc) is 1.12. The zero-order chi connectivity index (χ0) is 9.00. The first kappa shape index (κ1) is 17.9. The molecule has 0 amide bonds. The number of phosphoric acid groups is 2. The third-order valence-corrected chi connectivity index (χ3v) is 0. The Balaban J connectivity index is -0.000000107. The molecule has 0 aliphatic heterocycles. The first-order valence-electron chi connectivity index (χ1n) is 1.57. The van der Waals surface area contributed by atoms with E-state index in [0.29, 0.717) is 0 Å². The molecule has 0 bridgehead atoms. The SMILES string of the molecule is O=P(O)(O)O.O=P(O)(O)O.[Mo]. The fourth-order valence-corrected chi connectivity index (χ4v) is 0. The number of hydrogen-bond donors (Lipinski definition) is 6. The molecule has 0 spiro atoms. The van der Waals surface area contributed by atoms with Gasteiger partial charge in [-0.05, 0) is 0 Å². The first-order chi connectivity index (χ1) is 4.00. The molecule has 0 aromatic rings. The first-order valence-corrected chi connectivity index (χ1v) is 4.70. The molecule has 0 radical (unpaired) electrons. The van der Waals surface area contributed by atoms with Gasteiger partial charge in [-0.25, -0.2) is 9.13 Å². The van der Waals surface area contributed by atoms with Crippen LogP contribution in [0.3, 0.4) is 0 Å². The maximum atomic E-state index is 8.88. The molecule has 6 N–H and O–H groups in total. The van der Waals surface area contributed by atoms with E-state index in [0.717, 1.165) is 0 Å². The molecule has 0 aromatic carbocycles. The van der Waals surface area contributed by atoms with Gasteiger partial charge in [0.25, 0.3) is 0 Å². The summed E-state index contributed by atoms with van der Waals surface area (Å²) in [4.78, 5) is 43.1. The summed E-state index contributed by atoms with van der Waals surface area (Å²) in [5.41, 5.74) is 0. The summed E-state index contributed by atoms with van der Waals surface area (Å²) in [5.74, 6) is 0. The molecule has 0 aliphatic rings. The summed E-state index contributed by atoms with van der Waals surface area (Å²) in [7, 11) is -9.28. The third kappa shape index (κ3) is 1050. The summed E-state index contributed by atoms with van der Waals surface area (Å²) in [6.07, 6.45) is 0. The Morgan fingerprint density at radius 3 is 0.636 bits per heavy atom. The molecule has 0 saturated heterocycles. The second kappa shape index (κ2) is 6.43. The van der Waals surface area contributed by atoms with Crippen LogP contribution in [0.2, 0.25) is 0 Å². The van der Waals surface area contributed by atoms with Crippen molar-refractivity contribution in [1.82, 2.24) is 0 Å². The van der Waals surface area contributed by atoms with Gasteiger partial charge in [0.05, 0.1) is 0 Å². The van der Waals surface area contributed by atoms with E-state index in [2.05, 4.69) is 0 Å². The van der Waals surface area contributed by atoms with Gasteiger partial charge in [0.1, 0.15) is 0 Å². The van der Waals surface area contributed by atoms with E-state index in [4.69, 9.17) is 38.5 Å². The van der Waals surface area contributed by atoms with E-state index in [1.165, 1.54) is 0 Å². The fourth-order valence-electron chi connectivity index (χ4n) is 0. The van der Waals surface area contributed by atoms with Crippen molar-refractivity contribution in [2.24, 2.45) is 0 Å². The van der Waals surface area contributed by atoms with Gasteiger partial charge in [-0.15, -0.1) is 0 Å². The van der Waals surface area contributed by atoms with Gasteiger partial charge in [-0.2, -0.15) is 0 Å². The van der Waals surface area contributed by atoms with Gasteiger partial charge in [0, 0.05) is 21.1 Å². The van der Waals surface area contributed by atoms with Crippen LogP contribution < -0.4 is 0 Å². The Labute approximate surface area is 75.6 Å². The maximum absolute atomic E-state index is 8.88. The van der Waals surface area contributed by atoms with Crippen LogP contribution in [-0.4, -0.2) is 29.4 Å². The Morgan fingerprint density at radius 2 is 0.636 bits per heavy atom. The van der Waals surface area contributed by atoms with Crippen molar-refractivity contribution in [1.29, 1.82) is 0 Å². The van der Waals surface area contributed by atoms with Gasteiger partial charge in [0.15, 0.2) is 0 Å². The van der Waals surface area contributed by atoms with Gasteiger partial charge >= 0.3 is 15.6 Å². The van der Waals surface area contributed by atoms with Crippen molar-refractivity contribution in [3.8, 4) is 0 Å². The molecule has 0 atom stereocenters. The molecule has 11 heteroatoms. The van der Waals surface area contributed by atoms with Gasteiger partial charge in [0.2, 0.25) is 0 Å². The van der Waals surface area contributed by atoms with Crippen LogP contribution in [0.15, 0.2) is 0 Å². The Morgan fingerprint density at radius 1 is 0.636 bits per heavy atom. The minimum absolute atomic E-state index is 0. The van der Waals surface area contributed by atoms with E-state index in [-0.39, 0.29) is 21.1 Å². The minimum Gasteiger partial charge on any atom is -0.303 e. The van der Waals surface area contributed by atoms with Crippen LogP contribution in [0.4, 0.5) is 0 Å². The molecule has 0 aromatic heterocycles. The normalized spacial score (nSPS) is 10.7. The van der Waals surface area contributed by atoms with Crippen LogP contribution in [0.25, 0.3) is 0 Å². The van der Waals surface area contributed by atoms with E-state index < -0.39 is 15.6 Å². The summed E-state index contributed by atoms with van der Waals surface area (Å²) < 4.78 is 17.8. The van der Waals surface area contributed by atoms with Crippen molar-refractivity contribution < 1.29 is 59.6 Å². The topological polar surface area (TPSA) is 156 Å². The van der Waals surface area contributed by atoms with Gasteiger partial charge in [-0.1, -0.05) is 0 Å². The smallest absolute Gasteiger partial charge is 0.303 e. The molecule has 11 heavy (non-hydrogen) atoms. The zero-order valence-electron chi connectivity index (χ0n) is 4.80. The standard InChI is InChI=1S/Mo.2H3O4P/c;2*1-5(2,3)4/h;2*(H3,1,2,3,4). The largest absolute Gasteiger partial charge is 0.466 e. The van der Waals surface area contributed by atoms with E-state index >= 15 is 0 Å². The van der Waals surface area contributed by atoms with Crippen molar-refractivity contribution in [2.45, 2.75) is 0 Å². The van der Waals surface area contributed by atoms with Crippen LogP contribution in [-0.2, 0) is 30.2 Å². The van der Waals surface area contributed by atoms with E-state index in [9.17, 15) is 0 Å². The minimum atomic E-state index is -4.64. The number of rotatable bonds is 0. The van der Waals surface area contributed by atoms with Gasteiger partial charge in [-0.3, -0.25) is 0 Å². The summed E-state index contributed by atoms with van der Waals surface area (Å²) in [5, 5.41) is 0. The molecule has 0 unspecified atom stereocenters. The Bertz CT molecular complexity index is 124. The number of hydrogen-bond acceptors (Lipinski definition) is 2. The Kier molecular flexibility index (Phi) is 10.4. The van der Waals surface area contributed by atoms with Crippen molar-refractivity contribution >= 4 is 15.6 Å². The molecule has 8 nitrogen and oxygen atoms in total. The molecule has 0 aliphatic carbocycles. The maximum Gasteiger partial charge on any atom is 0.466 e. The van der Waals surface area contributed by atoms with Crippen LogP contribution in [0.5, 0.6) is 0 Å². The summed E-state index contributed by atoms with van der Waals surface area (Å²) in [6.45, 7) is 0. The monoisotopic (exact) mass is 294 g/mol. The van der Waals surface area contributed by atoms with E-state index in [1.54, 1.807) is 0 Å². The molecule has 70 valence electrons. The molecule has 0 fully saturated rings. The molecule has 0 heterocycles. The molecular formula is H6MoO8P2. The van der Waals surface area contributed by atoms with Crippen molar-refractivity contribution in [3.63, 3.8) is 0 Å². The van der Waals surface area contributed by atoms with Crippen molar-refractivity contribution in [2.75, 3.05) is 0 Å².